The summed E-state index contributed by atoms with van der Waals surface area (Å²) in [5.41, 5.74) is 0. The molecule has 0 aromatic heterocycles. The summed E-state index contributed by atoms with van der Waals surface area (Å²) in [6.45, 7) is 2.96. The Bertz CT molecular complexity index is 549. The van der Waals surface area contributed by atoms with Gasteiger partial charge in [-0.3, -0.25) is 0 Å². The van der Waals surface area contributed by atoms with Gasteiger partial charge in [0.25, 0.3) is 0 Å². The molecule has 0 aliphatic heterocycles. The van der Waals surface area contributed by atoms with E-state index in [2.05, 4.69) is 12.2 Å². The molecule has 26 heavy (non-hydrogen) atoms. The van der Waals surface area contributed by atoms with Gasteiger partial charge in [0.15, 0.2) is 5.05 Å². The van der Waals surface area contributed by atoms with Crippen LogP contribution in [0.1, 0.15) is 64.7 Å². The quantitative estimate of drug-likeness (QED) is 0.475. The maximum Gasteiger partial charge on any atom is 0.214 e. The molecule has 3 N–H and O–H groups in total. The monoisotopic (exact) mass is 406 g/mol. The van der Waals surface area contributed by atoms with Crippen molar-refractivity contribution in [3.05, 3.63) is 0 Å². The van der Waals surface area contributed by atoms with Crippen LogP contribution in [0.25, 0.3) is 0 Å². The highest BCUT2D eigenvalue weighted by Crippen LogP contribution is 2.34. The molecule has 2 fully saturated rings. The van der Waals surface area contributed by atoms with Crippen molar-refractivity contribution in [3.8, 4) is 0 Å². The van der Waals surface area contributed by atoms with Gasteiger partial charge in [-0.25, -0.2) is 13.6 Å². The molecule has 2 rings (SSSR count). The molecule has 0 aromatic rings. The lowest BCUT2D eigenvalue weighted by Crippen LogP contribution is -2.58. The van der Waals surface area contributed by atoms with Crippen molar-refractivity contribution in [2.45, 2.75) is 88.2 Å². The topological polar surface area (TPSA) is 90.6 Å². The van der Waals surface area contributed by atoms with Gasteiger partial charge >= 0.3 is 0 Å². The average molecular weight is 407 g/mol. The lowest BCUT2D eigenvalue weighted by Gasteiger charge is -2.42. The second-order valence-electron chi connectivity index (χ2n) is 7.59. The Morgan fingerprint density at radius 2 is 1.92 bits per heavy atom. The summed E-state index contributed by atoms with van der Waals surface area (Å²) >= 11 is 5.31. The van der Waals surface area contributed by atoms with Crippen LogP contribution < -0.4 is 10.5 Å². The summed E-state index contributed by atoms with van der Waals surface area (Å²) in [4.78, 5) is 0. The van der Waals surface area contributed by atoms with Gasteiger partial charge < -0.3 is 14.8 Å². The van der Waals surface area contributed by atoms with E-state index in [0.29, 0.717) is 11.5 Å². The first kappa shape index (κ1) is 22.0. The van der Waals surface area contributed by atoms with Crippen LogP contribution in [0, 0.1) is 5.92 Å². The lowest BCUT2D eigenvalue weighted by atomic mass is 9.83. The van der Waals surface area contributed by atoms with Crippen molar-refractivity contribution < 1.29 is 17.9 Å². The molecule has 0 bridgehead atoms. The average Bonchev–Trinajstić information content (AvgIpc) is 2.62. The zero-order valence-corrected chi connectivity index (χ0v) is 17.6. The van der Waals surface area contributed by atoms with Crippen molar-refractivity contribution in [1.29, 1.82) is 0 Å². The van der Waals surface area contributed by atoms with Crippen LogP contribution >= 0.6 is 12.2 Å². The fourth-order valence-electron chi connectivity index (χ4n) is 4.16. The van der Waals surface area contributed by atoms with Crippen LogP contribution in [0.15, 0.2) is 0 Å². The van der Waals surface area contributed by atoms with Crippen LogP contribution in [0.2, 0.25) is 0 Å². The van der Waals surface area contributed by atoms with E-state index in [9.17, 15) is 8.42 Å². The number of ether oxygens (including phenoxy) is 2. The third kappa shape index (κ3) is 6.12. The number of nitrogens with one attached hydrogen (secondary N) is 1. The first-order valence-electron chi connectivity index (χ1n) is 9.85. The van der Waals surface area contributed by atoms with Crippen LogP contribution in [0.3, 0.4) is 0 Å². The van der Waals surface area contributed by atoms with Crippen molar-refractivity contribution in [2.24, 2.45) is 11.1 Å². The number of hydrogen-bond acceptors (Lipinski definition) is 6. The summed E-state index contributed by atoms with van der Waals surface area (Å²) < 4.78 is 36.3. The van der Waals surface area contributed by atoms with Gasteiger partial charge in [0.2, 0.25) is 10.0 Å². The minimum Gasteiger partial charge on any atom is -0.490 e. The summed E-state index contributed by atoms with van der Waals surface area (Å²) in [5.74, 6) is -0.108. The van der Waals surface area contributed by atoms with E-state index in [4.69, 9.17) is 26.8 Å². The fraction of sp³-hybridized carbons (Fsp3) is 0.944. The number of hydrogen-bond donors (Lipinski definition) is 2. The van der Waals surface area contributed by atoms with Crippen LogP contribution in [-0.2, 0) is 19.5 Å². The summed E-state index contributed by atoms with van der Waals surface area (Å²) in [5, 5.41) is 8.82. The molecule has 0 saturated heterocycles. The summed E-state index contributed by atoms with van der Waals surface area (Å²) in [6, 6.07) is -0.0846. The molecule has 6 nitrogen and oxygen atoms in total. The van der Waals surface area contributed by atoms with Gasteiger partial charge in [-0.15, -0.1) is 0 Å². The molecule has 0 heterocycles. The van der Waals surface area contributed by atoms with E-state index in [0.717, 1.165) is 51.5 Å². The SMILES string of the molecule is CCCCNC1CC(C(=S)OC)CC(S(N)(=O)=O)C1OC1CCCCC1. The standard InChI is InChI=1S/C18H34N2O4S2/c1-3-4-10-20-15-11-13(18(25)23-2)12-16(26(19,21)22)17(15)24-14-8-6-5-7-9-14/h13-17,20H,3-12H2,1-2H3,(H2,19,21,22). The Morgan fingerprint density at radius 1 is 1.23 bits per heavy atom. The number of primary sulfonamides is 1. The highest BCUT2D eigenvalue weighted by Gasteiger charge is 2.46. The van der Waals surface area contributed by atoms with Crippen LogP contribution in [0.4, 0.5) is 0 Å². The molecule has 2 aliphatic rings. The number of sulfonamides is 1. The van der Waals surface area contributed by atoms with Crippen molar-refractivity contribution in [2.75, 3.05) is 13.7 Å². The molecule has 4 atom stereocenters. The van der Waals surface area contributed by atoms with E-state index in [1.54, 1.807) is 7.11 Å². The second-order valence-corrected chi connectivity index (χ2v) is 9.78. The number of thiocarbonyl (C=S) groups is 1. The summed E-state index contributed by atoms with van der Waals surface area (Å²) in [6.07, 6.45) is 8.40. The van der Waals surface area contributed by atoms with E-state index in [1.165, 1.54) is 6.42 Å². The van der Waals surface area contributed by atoms with Gasteiger partial charge in [0.1, 0.15) is 5.25 Å². The van der Waals surface area contributed by atoms with Crippen molar-refractivity contribution >= 4 is 27.3 Å². The molecule has 4 unspecified atom stereocenters. The molecular weight excluding hydrogens is 372 g/mol. The Hall–Kier alpha value is -0.280. The zero-order valence-electron chi connectivity index (χ0n) is 16.0. The predicted octanol–water partition coefficient (Wildman–Crippen LogP) is 2.50. The largest absolute Gasteiger partial charge is 0.490 e. The maximum atomic E-state index is 12.4. The number of methoxy groups -OCH3 is 1. The number of nitrogens with two attached hydrogens (primary N) is 1. The molecule has 0 radical (unpaired) electrons. The minimum atomic E-state index is -3.74. The van der Waals surface area contributed by atoms with Gasteiger partial charge in [-0.2, -0.15) is 0 Å². The van der Waals surface area contributed by atoms with Gasteiger partial charge in [-0.1, -0.05) is 32.6 Å². The van der Waals surface area contributed by atoms with Crippen LogP contribution in [0.5, 0.6) is 0 Å². The first-order chi connectivity index (χ1) is 12.4. The van der Waals surface area contributed by atoms with E-state index < -0.39 is 21.4 Å². The Kier molecular flexibility index (Phi) is 8.73. The molecular formula is C18H34N2O4S2. The minimum absolute atomic E-state index is 0.0846. The highest BCUT2D eigenvalue weighted by molar-refractivity contribution is 7.89. The normalized spacial score (nSPS) is 30.9. The van der Waals surface area contributed by atoms with E-state index in [-0.39, 0.29) is 18.1 Å². The zero-order chi connectivity index (χ0) is 19.2. The number of unbranched alkanes of at least 4 members (excludes halogenated alkanes) is 1. The van der Waals surface area contributed by atoms with Gasteiger partial charge in [-0.05, 0) is 50.9 Å². The number of rotatable bonds is 8. The molecule has 2 aliphatic carbocycles. The molecule has 0 spiro atoms. The fourth-order valence-corrected chi connectivity index (χ4v) is 5.48. The third-order valence-electron chi connectivity index (χ3n) is 5.61. The van der Waals surface area contributed by atoms with Crippen molar-refractivity contribution in [1.82, 2.24) is 5.32 Å². The lowest BCUT2D eigenvalue weighted by molar-refractivity contribution is -0.0616. The smallest absolute Gasteiger partial charge is 0.214 e. The van der Waals surface area contributed by atoms with Gasteiger partial charge in [0.05, 0.1) is 19.3 Å². The van der Waals surface area contributed by atoms with E-state index >= 15 is 0 Å². The third-order valence-corrected chi connectivity index (χ3v) is 7.42. The van der Waals surface area contributed by atoms with Crippen LogP contribution in [-0.4, -0.2) is 50.6 Å². The maximum absolute atomic E-state index is 12.4. The molecule has 152 valence electrons. The second kappa shape index (κ2) is 10.3. The highest BCUT2D eigenvalue weighted by atomic mass is 32.2. The predicted molar refractivity (Wildman–Crippen MR) is 108 cm³/mol. The molecule has 8 heteroatoms. The van der Waals surface area contributed by atoms with Gasteiger partial charge in [0, 0.05) is 12.0 Å². The Morgan fingerprint density at radius 3 is 2.50 bits per heavy atom. The first-order valence-corrected chi connectivity index (χ1v) is 11.9. The summed E-state index contributed by atoms with van der Waals surface area (Å²) in [7, 11) is -2.20. The molecule has 0 amide bonds. The Balaban J connectivity index is 2.20. The molecule has 0 aromatic carbocycles. The van der Waals surface area contributed by atoms with Crippen molar-refractivity contribution in [3.63, 3.8) is 0 Å². The Labute approximate surface area is 163 Å². The van der Waals surface area contributed by atoms with E-state index in [1.807, 2.05) is 0 Å². The molecule has 2 saturated carbocycles.